The van der Waals surface area contributed by atoms with Crippen molar-refractivity contribution in [2.24, 2.45) is 5.73 Å². The normalized spacial score (nSPS) is 12.9. The largest absolute Gasteiger partial charge is 0.390 e. The second-order valence-electron chi connectivity index (χ2n) is 1.59. The summed E-state index contributed by atoms with van der Waals surface area (Å²) in [5, 5.41) is 2.89. The summed E-state index contributed by atoms with van der Waals surface area (Å²) >= 11 is 0. The van der Waals surface area contributed by atoms with Gasteiger partial charge in [-0.3, -0.25) is 0 Å². The van der Waals surface area contributed by atoms with Crippen molar-refractivity contribution in [3.63, 3.8) is 0 Å². The maximum atomic E-state index is 5.37. The van der Waals surface area contributed by atoms with Crippen LogP contribution in [0.1, 0.15) is 6.92 Å². The summed E-state index contributed by atoms with van der Waals surface area (Å²) in [4.78, 5) is 0. The maximum Gasteiger partial charge on any atom is 0.0290 e. The number of nitrogens with two attached hydrogens (primary N) is 1. The molecule has 1 atom stereocenters. The Labute approximate surface area is 44.4 Å². The van der Waals surface area contributed by atoms with E-state index in [0.717, 1.165) is 6.54 Å². The van der Waals surface area contributed by atoms with Gasteiger partial charge in [0.2, 0.25) is 0 Å². The molecule has 0 fully saturated rings. The van der Waals surface area contributed by atoms with Gasteiger partial charge < -0.3 is 11.1 Å². The van der Waals surface area contributed by atoms with Crippen LogP contribution in [-0.4, -0.2) is 12.6 Å². The first-order chi connectivity index (χ1) is 3.27. The summed E-state index contributed by atoms with van der Waals surface area (Å²) in [6.45, 7) is 6.22. The number of hydrogen-bond acceptors (Lipinski definition) is 2. The highest BCUT2D eigenvalue weighted by atomic mass is 14.9. The van der Waals surface area contributed by atoms with E-state index >= 15 is 0 Å². The quantitative estimate of drug-likeness (QED) is 0.526. The van der Waals surface area contributed by atoms with Crippen LogP contribution in [0.2, 0.25) is 0 Å². The molecule has 0 aliphatic heterocycles. The van der Waals surface area contributed by atoms with E-state index in [1.54, 1.807) is 6.20 Å². The molecule has 0 amide bonds. The third-order valence-corrected chi connectivity index (χ3v) is 0.584. The molecule has 0 aliphatic rings. The zero-order valence-corrected chi connectivity index (χ0v) is 4.65. The van der Waals surface area contributed by atoms with E-state index in [-0.39, 0.29) is 6.04 Å². The zero-order valence-electron chi connectivity index (χ0n) is 4.65. The lowest BCUT2D eigenvalue weighted by molar-refractivity contribution is 0.688. The lowest BCUT2D eigenvalue weighted by Gasteiger charge is -2.01. The Hall–Kier alpha value is -0.500. The first-order valence-corrected chi connectivity index (χ1v) is 2.37. The first-order valence-electron chi connectivity index (χ1n) is 2.37. The SMILES string of the molecule is C=CNCC(C)N. The zero-order chi connectivity index (χ0) is 5.70. The van der Waals surface area contributed by atoms with Gasteiger partial charge in [-0.2, -0.15) is 0 Å². The summed E-state index contributed by atoms with van der Waals surface area (Å²) in [5.41, 5.74) is 5.37. The van der Waals surface area contributed by atoms with Crippen molar-refractivity contribution < 1.29 is 0 Å². The second kappa shape index (κ2) is 3.68. The van der Waals surface area contributed by atoms with Gasteiger partial charge in [-0.05, 0) is 13.1 Å². The van der Waals surface area contributed by atoms with Crippen LogP contribution in [0, 0.1) is 0 Å². The van der Waals surface area contributed by atoms with Crippen LogP contribution in [0.15, 0.2) is 12.8 Å². The Morgan fingerprint density at radius 3 is 2.71 bits per heavy atom. The summed E-state index contributed by atoms with van der Waals surface area (Å²) < 4.78 is 0. The first kappa shape index (κ1) is 6.50. The summed E-state index contributed by atoms with van der Waals surface area (Å²) in [6, 6.07) is 0.220. The fourth-order valence-electron chi connectivity index (χ4n) is 0.269. The molecule has 0 spiro atoms. The molecule has 0 aliphatic carbocycles. The fourth-order valence-corrected chi connectivity index (χ4v) is 0.269. The molecule has 3 N–H and O–H groups in total. The molecular weight excluding hydrogens is 88.1 g/mol. The monoisotopic (exact) mass is 100 g/mol. The average Bonchev–Trinajstić information content (AvgIpc) is 1.61. The summed E-state index contributed by atoms with van der Waals surface area (Å²) in [6.07, 6.45) is 1.64. The predicted octanol–water partition coefficient (Wildman–Crippen LogP) is 0.0667. The van der Waals surface area contributed by atoms with Gasteiger partial charge in [0.25, 0.3) is 0 Å². The minimum Gasteiger partial charge on any atom is -0.390 e. The number of rotatable bonds is 3. The van der Waals surface area contributed by atoms with Gasteiger partial charge in [0.1, 0.15) is 0 Å². The van der Waals surface area contributed by atoms with Gasteiger partial charge in [-0.25, -0.2) is 0 Å². The van der Waals surface area contributed by atoms with E-state index in [0.29, 0.717) is 0 Å². The average molecular weight is 100 g/mol. The Morgan fingerprint density at radius 1 is 2.00 bits per heavy atom. The molecule has 0 heterocycles. The van der Waals surface area contributed by atoms with Crippen LogP contribution in [0.25, 0.3) is 0 Å². The van der Waals surface area contributed by atoms with E-state index in [2.05, 4.69) is 11.9 Å². The van der Waals surface area contributed by atoms with Crippen molar-refractivity contribution in [1.82, 2.24) is 5.32 Å². The lowest BCUT2D eigenvalue weighted by atomic mass is 10.4. The molecule has 0 aromatic heterocycles. The van der Waals surface area contributed by atoms with E-state index in [1.165, 1.54) is 0 Å². The highest BCUT2D eigenvalue weighted by Gasteiger charge is 1.85. The van der Waals surface area contributed by atoms with Gasteiger partial charge in [-0.1, -0.05) is 6.58 Å². The minimum absolute atomic E-state index is 0.220. The molecule has 42 valence electrons. The molecule has 0 aromatic rings. The van der Waals surface area contributed by atoms with Gasteiger partial charge in [-0.15, -0.1) is 0 Å². The van der Waals surface area contributed by atoms with Gasteiger partial charge >= 0.3 is 0 Å². The highest BCUT2D eigenvalue weighted by molar-refractivity contribution is 4.66. The van der Waals surface area contributed by atoms with Crippen LogP contribution in [0.3, 0.4) is 0 Å². The van der Waals surface area contributed by atoms with Crippen LogP contribution in [-0.2, 0) is 0 Å². The van der Waals surface area contributed by atoms with E-state index in [9.17, 15) is 0 Å². The van der Waals surface area contributed by atoms with Gasteiger partial charge in [0.15, 0.2) is 0 Å². The molecule has 0 rings (SSSR count). The Balaban J connectivity index is 2.81. The summed E-state index contributed by atoms with van der Waals surface area (Å²) in [5.74, 6) is 0. The predicted molar refractivity (Wildman–Crippen MR) is 31.8 cm³/mol. The molecule has 0 radical (unpaired) electrons. The molecule has 7 heavy (non-hydrogen) atoms. The molecular formula is C5H12N2. The Bertz CT molecular complexity index is 50.0. The van der Waals surface area contributed by atoms with Crippen molar-refractivity contribution in [3.05, 3.63) is 12.8 Å². The van der Waals surface area contributed by atoms with Crippen LogP contribution < -0.4 is 11.1 Å². The minimum atomic E-state index is 0.220. The highest BCUT2D eigenvalue weighted by Crippen LogP contribution is 1.66. The molecule has 0 bridgehead atoms. The van der Waals surface area contributed by atoms with Crippen molar-refractivity contribution >= 4 is 0 Å². The molecule has 2 heteroatoms. The third-order valence-electron chi connectivity index (χ3n) is 0.584. The van der Waals surface area contributed by atoms with Crippen molar-refractivity contribution in [3.8, 4) is 0 Å². The molecule has 0 saturated carbocycles. The van der Waals surface area contributed by atoms with Crippen molar-refractivity contribution in [2.75, 3.05) is 6.54 Å². The second-order valence-corrected chi connectivity index (χ2v) is 1.59. The molecule has 2 nitrogen and oxygen atoms in total. The standard InChI is InChI=1S/C5H12N2/c1-3-7-4-5(2)6/h3,5,7H,1,4,6H2,2H3. The Morgan fingerprint density at radius 2 is 2.57 bits per heavy atom. The van der Waals surface area contributed by atoms with Gasteiger partial charge in [0, 0.05) is 12.6 Å². The van der Waals surface area contributed by atoms with E-state index in [4.69, 9.17) is 5.73 Å². The van der Waals surface area contributed by atoms with E-state index in [1.807, 2.05) is 6.92 Å². The van der Waals surface area contributed by atoms with Crippen LogP contribution >= 0.6 is 0 Å². The number of nitrogens with one attached hydrogen (secondary N) is 1. The van der Waals surface area contributed by atoms with Gasteiger partial charge in [0.05, 0.1) is 0 Å². The maximum absolute atomic E-state index is 5.37. The van der Waals surface area contributed by atoms with E-state index < -0.39 is 0 Å². The number of hydrogen-bond donors (Lipinski definition) is 2. The topological polar surface area (TPSA) is 38.0 Å². The smallest absolute Gasteiger partial charge is 0.0290 e. The van der Waals surface area contributed by atoms with Crippen molar-refractivity contribution in [2.45, 2.75) is 13.0 Å². The molecule has 0 aromatic carbocycles. The molecule has 1 unspecified atom stereocenters. The van der Waals surface area contributed by atoms with Crippen LogP contribution in [0.4, 0.5) is 0 Å². The Kier molecular flexibility index (Phi) is 3.42. The van der Waals surface area contributed by atoms with Crippen LogP contribution in [0.5, 0.6) is 0 Å². The molecule has 0 saturated heterocycles. The summed E-state index contributed by atoms with van der Waals surface area (Å²) in [7, 11) is 0. The third kappa shape index (κ3) is 5.50. The van der Waals surface area contributed by atoms with Crippen molar-refractivity contribution in [1.29, 1.82) is 0 Å². The lowest BCUT2D eigenvalue weighted by Crippen LogP contribution is -2.27. The fraction of sp³-hybridized carbons (Fsp3) is 0.600.